The molecule has 0 radical (unpaired) electrons. The summed E-state index contributed by atoms with van der Waals surface area (Å²) in [5.41, 5.74) is 2.11. The minimum absolute atomic E-state index is 0.0662. The summed E-state index contributed by atoms with van der Waals surface area (Å²) in [5.74, 6) is 1.87. The van der Waals surface area contributed by atoms with Crippen molar-refractivity contribution >= 4 is 23.0 Å². The molecule has 6 rings (SSSR count). The molecule has 0 saturated carbocycles. The molecule has 3 aromatic rings. The number of anilines is 1. The molecule has 3 aliphatic rings. The van der Waals surface area contributed by atoms with Crippen LogP contribution >= 0.6 is 0 Å². The minimum Gasteiger partial charge on any atom is -0.441 e. The van der Waals surface area contributed by atoms with E-state index in [1.54, 1.807) is 12.4 Å². The first-order valence-electron chi connectivity index (χ1n) is 9.37. The molecule has 138 valence electrons. The van der Waals surface area contributed by atoms with Gasteiger partial charge in [-0.15, -0.1) is 0 Å². The van der Waals surface area contributed by atoms with Gasteiger partial charge >= 0.3 is 0 Å². The van der Waals surface area contributed by atoms with Crippen LogP contribution in [0.3, 0.4) is 0 Å². The fourth-order valence-electron chi connectivity index (χ4n) is 4.29. The van der Waals surface area contributed by atoms with E-state index in [-0.39, 0.29) is 11.9 Å². The highest BCUT2D eigenvalue weighted by Crippen LogP contribution is 2.31. The second-order valence-corrected chi connectivity index (χ2v) is 7.42. The molecule has 3 saturated heterocycles. The highest BCUT2D eigenvalue weighted by Gasteiger charge is 2.38. The van der Waals surface area contributed by atoms with Crippen molar-refractivity contribution in [3.8, 4) is 0 Å². The number of carbonyl (C=O) groups is 1. The number of hydrogen-bond donors (Lipinski definition) is 0. The molecule has 2 aromatic heterocycles. The first kappa shape index (κ1) is 16.2. The summed E-state index contributed by atoms with van der Waals surface area (Å²) in [7, 11) is 0. The first-order valence-corrected chi connectivity index (χ1v) is 9.37. The Morgan fingerprint density at radius 2 is 2.00 bits per heavy atom. The maximum atomic E-state index is 13.3. The van der Waals surface area contributed by atoms with E-state index < -0.39 is 0 Å². The van der Waals surface area contributed by atoms with Crippen molar-refractivity contribution in [2.45, 2.75) is 25.8 Å². The number of hydrogen-bond acceptors (Lipinski definition) is 6. The van der Waals surface area contributed by atoms with E-state index >= 15 is 0 Å². The monoisotopic (exact) mass is 363 g/mol. The second-order valence-electron chi connectivity index (χ2n) is 7.42. The Kier molecular flexibility index (Phi) is 3.81. The lowest BCUT2D eigenvalue weighted by molar-refractivity contribution is 0.0592. The van der Waals surface area contributed by atoms with Crippen LogP contribution in [0.4, 0.5) is 5.95 Å². The lowest BCUT2D eigenvalue weighted by Gasteiger charge is -2.36. The molecule has 7 heteroatoms. The number of carbonyl (C=O) groups excluding carboxylic acids is 1. The number of fused-ring (bicyclic) bond motifs is 5. The highest BCUT2D eigenvalue weighted by molar-refractivity contribution is 5.97. The molecule has 7 nitrogen and oxygen atoms in total. The van der Waals surface area contributed by atoms with E-state index in [4.69, 9.17) is 4.42 Å². The van der Waals surface area contributed by atoms with Gasteiger partial charge in [0.15, 0.2) is 11.5 Å². The summed E-state index contributed by atoms with van der Waals surface area (Å²) < 4.78 is 5.60. The van der Waals surface area contributed by atoms with Crippen molar-refractivity contribution in [1.29, 1.82) is 0 Å². The summed E-state index contributed by atoms with van der Waals surface area (Å²) in [6.07, 6.45) is 5.70. The number of nitrogens with zero attached hydrogens (tertiary/aromatic N) is 5. The highest BCUT2D eigenvalue weighted by atomic mass is 16.3. The second kappa shape index (κ2) is 6.33. The van der Waals surface area contributed by atoms with E-state index in [1.165, 1.54) is 0 Å². The molecular weight excluding hydrogens is 342 g/mol. The van der Waals surface area contributed by atoms with Crippen LogP contribution in [0.5, 0.6) is 0 Å². The Morgan fingerprint density at radius 3 is 2.85 bits per heavy atom. The van der Waals surface area contributed by atoms with Gasteiger partial charge in [0, 0.05) is 50.6 Å². The van der Waals surface area contributed by atoms with Crippen molar-refractivity contribution in [3.63, 3.8) is 0 Å². The Morgan fingerprint density at radius 1 is 1.15 bits per heavy atom. The smallest absolute Gasteiger partial charge is 0.254 e. The van der Waals surface area contributed by atoms with Crippen LogP contribution in [0.25, 0.3) is 11.1 Å². The Hall–Kier alpha value is -2.96. The molecule has 2 bridgehead atoms. The van der Waals surface area contributed by atoms with E-state index in [1.807, 2.05) is 36.1 Å². The van der Waals surface area contributed by atoms with Gasteiger partial charge in [0.25, 0.3) is 5.91 Å². The zero-order chi connectivity index (χ0) is 18.4. The van der Waals surface area contributed by atoms with Gasteiger partial charge in [-0.2, -0.15) is 0 Å². The van der Waals surface area contributed by atoms with E-state index in [2.05, 4.69) is 19.9 Å². The van der Waals surface area contributed by atoms with Crippen LogP contribution in [-0.2, 0) is 0 Å². The molecule has 0 N–H and O–H groups in total. The quantitative estimate of drug-likeness (QED) is 0.697. The van der Waals surface area contributed by atoms with E-state index in [0.717, 1.165) is 43.9 Å². The average Bonchev–Trinajstić information content (AvgIpc) is 2.85. The van der Waals surface area contributed by atoms with Crippen LogP contribution in [0.15, 0.2) is 41.1 Å². The zero-order valence-electron chi connectivity index (χ0n) is 15.2. The normalized spacial score (nSPS) is 22.3. The van der Waals surface area contributed by atoms with Crippen molar-refractivity contribution in [2.75, 3.05) is 24.5 Å². The molecule has 0 unspecified atom stereocenters. The summed E-state index contributed by atoms with van der Waals surface area (Å²) in [6, 6.07) is 7.52. The molecule has 3 aliphatic heterocycles. The Bertz CT molecular complexity index is 986. The number of benzene rings is 1. The van der Waals surface area contributed by atoms with Crippen LogP contribution < -0.4 is 4.90 Å². The summed E-state index contributed by atoms with van der Waals surface area (Å²) in [5, 5.41) is 0. The molecule has 5 heterocycles. The number of amides is 1. The predicted molar refractivity (Wildman–Crippen MR) is 101 cm³/mol. The molecule has 27 heavy (non-hydrogen) atoms. The van der Waals surface area contributed by atoms with Crippen LogP contribution in [0, 0.1) is 12.8 Å². The standard InChI is InChI=1S/C20H21N5O2/c1-13-23-17-6-4-15(9-18(17)27-13)19(26)25-11-14-3-5-16(25)12-24(10-14)20-21-7-2-8-22-20/h2,4,6-9,14,16H,3,5,10-12H2,1H3/t14-,16+/m0/s1. The van der Waals surface area contributed by atoms with Crippen LogP contribution in [0.2, 0.25) is 0 Å². The van der Waals surface area contributed by atoms with Crippen molar-refractivity contribution in [2.24, 2.45) is 5.92 Å². The molecule has 0 aliphatic carbocycles. The van der Waals surface area contributed by atoms with Gasteiger partial charge in [0.2, 0.25) is 5.95 Å². The third-order valence-electron chi connectivity index (χ3n) is 5.55. The van der Waals surface area contributed by atoms with Crippen molar-refractivity contribution < 1.29 is 9.21 Å². The molecular formula is C20H21N5O2. The molecule has 3 fully saturated rings. The van der Waals surface area contributed by atoms with Crippen LogP contribution in [0.1, 0.15) is 29.1 Å². The van der Waals surface area contributed by atoms with Crippen molar-refractivity contribution in [1.82, 2.24) is 19.9 Å². The zero-order valence-corrected chi connectivity index (χ0v) is 15.2. The molecule has 0 spiro atoms. The molecule has 1 aromatic carbocycles. The topological polar surface area (TPSA) is 75.4 Å². The van der Waals surface area contributed by atoms with Crippen LogP contribution in [-0.4, -0.2) is 51.4 Å². The van der Waals surface area contributed by atoms with Gasteiger partial charge in [-0.25, -0.2) is 15.0 Å². The number of aryl methyl sites for hydroxylation is 1. The summed E-state index contributed by atoms with van der Waals surface area (Å²) >= 11 is 0. The van der Waals surface area contributed by atoms with Gasteiger partial charge in [-0.1, -0.05) is 0 Å². The van der Waals surface area contributed by atoms with Gasteiger partial charge < -0.3 is 14.2 Å². The molecule has 1 amide bonds. The number of aromatic nitrogens is 3. The lowest BCUT2D eigenvalue weighted by atomic mass is 9.94. The fourth-order valence-corrected chi connectivity index (χ4v) is 4.29. The Balaban J connectivity index is 1.42. The van der Waals surface area contributed by atoms with E-state index in [0.29, 0.717) is 23.0 Å². The van der Waals surface area contributed by atoms with Gasteiger partial charge in [0.1, 0.15) is 5.52 Å². The minimum atomic E-state index is 0.0662. The fraction of sp³-hybridized carbons (Fsp3) is 0.400. The summed E-state index contributed by atoms with van der Waals surface area (Å²) in [4.78, 5) is 30.6. The van der Waals surface area contributed by atoms with Crippen molar-refractivity contribution in [3.05, 3.63) is 48.1 Å². The largest absolute Gasteiger partial charge is 0.441 e. The lowest BCUT2D eigenvalue weighted by Crippen LogP contribution is -2.47. The maximum Gasteiger partial charge on any atom is 0.254 e. The molecule has 2 atom stereocenters. The Labute approximate surface area is 157 Å². The number of oxazole rings is 1. The average molecular weight is 363 g/mol. The SMILES string of the molecule is Cc1nc2ccc(C(=O)N3C[C@H]4CC[C@@H]3CN(c3ncccn3)C4)cc2o1. The number of piperidine rings is 1. The third-order valence-corrected chi connectivity index (χ3v) is 5.55. The van der Waals surface area contributed by atoms with E-state index in [9.17, 15) is 4.79 Å². The van der Waals surface area contributed by atoms with Gasteiger partial charge in [-0.3, -0.25) is 4.79 Å². The number of rotatable bonds is 2. The van der Waals surface area contributed by atoms with Gasteiger partial charge in [-0.05, 0) is 43.0 Å². The summed E-state index contributed by atoms with van der Waals surface area (Å²) in [6.45, 7) is 4.26. The van der Waals surface area contributed by atoms with Gasteiger partial charge in [0.05, 0.1) is 0 Å². The first-order chi connectivity index (χ1) is 13.2. The third kappa shape index (κ3) is 2.93. The predicted octanol–water partition coefficient (Wildman–Crippen LogP) is 2.67. The maximum absolute atomic E-state index is 13.3.